The van der Waals surface area contributed by atoms with Gasteiger partial charge in [-0.3, -0.25) is 4.18 Å². The molecule has 1 aliphatic carbocycles. The lowest BCUT2D eigenvalue weighted by atomic mass is 9.76. The third-order valence-corrected chi connectivity index (χ3v) is 6.79. The molecule has 2 heterocycles. The maximum Gasteiger partial charge on any atom is 0.297 e. The van der Waals surface area contributed by atoms with Crippen LogP contribution in [0, 0.1) is 6.92 Å². The van der Waals surface area contributed by atoms with Crippen LogP contribution in [-0.2, 0) is 20.7 Å². The number of aryl methyl sites for hydroxylation is 2. The summed E-state index contributed by atoms with van der Waals surface area (Å²) in [5, 5.41) is 11.6. The van der Waals surface area contributed by atoms with Crippen LogP contribution in [0.3, 0.4) is 0 Å². The first-order valence-electron chi connectivity index (χ1n) is 9.51. The third kappa shape index (κ3) is 3.61. The van der Waals surface area contributed by atoms with Crippen molar-refractivity contribution in [2.24, 2.45) is 0 Å². The second kappa shape index (κ2) is 7.08. The molecule has 0 amide bonds. The van der Waals surface area contributed by atoms with Gasteiger partial charge in [-0.05, 0) is 43.9 Å². The molecule has 1 aromatic carbocycles. The van der Waals surface area contributed by atoms with Crippen LogP contribution in [0.15, 0.2) is 41.7 Å². The highest BCUT2D eigenvalue weighted by atomic mass is 32.2. The zero-order valence-corrected chi connectivity index (χ0v) is 17.2. The normalized spacial score (nSPS) is 22.0. The number of nitrogen functional groups attached to an aromatic ring is 1. The van der Waals surface area contributed by atoms with Crippen molar-refractivity contribution >= 4 is 27.0 Å². The third-order valence-electron chi connectivity index (χ3n) is 5.52. The van der Waals surface area contributed by atoms with Crippen LogP contribution in [0.4, 0.5) is 5.82 Å². The van der Waals surface area contributed by atoms with E-state index >= 15 is 0 Å². The van der Waals surface area contributed by atoms with Crippen molar-refractivity contribution in [3.8, 4) is 0 Å². The second-order valence-corrected chi connectivity index (χ2v) is 9.30. The molecule has 0 aliphatic heterocycles. The van der Waals surface area contributed by atoms with Crippen molar-refractivity contribution in [2.75, 3.05) is 12.3 Å². The fourth-order valence-corrected chi connectivity index (χ4v) is 4.81. The van der Waals surface area contributed by atoms with Gasteiger partial charge >= 0.3 is 0 Å². The summed E-state index contributed by atoms with van der Waals surface area (Å²) in [4.78, 5) is 8.51. The lowest BCUT2D eigenvalue weighted by molar-refractivity contribution is -0.0931. The van der Waals surface area contributed by atoms with Gasteiger partial charge in [-0.2, -0.15) is 8.42 Å². The number of nitrogens with two attached hydrogens (primary N) is 1. The number of hydrogen-bond donors (Lipinski definition) is 2. The van der Waals surface area contributed by atoms with Crippen molar-refractivity contribution in [3.63, 3.8) is 0 Å². The van der Waals surface area contributed by atoms with Crippen LogP contribution in [0.5, 0.6) is 0 Å². The van der Waals surface area contributed by atoms with Gasteiger partial charge in [0.05, 0.1) is 22.5 Å². The van der Waals surface area contributed by atoms with E-state index in [1.54, 1.807) is 12.1 Å². The molecule has 0 bridgehead atoms. The number of nitrogens with zero attached hydrogens (tertiary/aromatic N) is 3. The molecular weight excluding hydrogens is 392 g/mol. The molecule has 9 heteroatoms. The van der Waals surface area contributed by atoms with E-state index in [1.165, 1.54) is 18.5 Å². The molecular formula is C20H24N4O4S. The summed E-state index contributed by atoms with van der Waals surface area (Å²) >= 11 is 0. The monoisotopic (exact) mass is 416 g/mol. The van der Waals surface area contributed by atoms with Crippen molar-refractivity contribution in [1.29, 1.82) is 0 Å². The van der Waals surface area contributed by atoms with Crippen LogP contribution in [-0.4, -0.2) is 40.3 Å². The van der Waals surface area contributed by atoms with Crippen LogP contribution >= 0.6 is 0 Å². The maximum atomic E-state index is 12.4. The summed E-state index contributed by atoms with van der Waals surface area (Å²) in [7, 11) is -3.91. The van der Waals surface area contributed by atoms with Gasteiger partial charge in [0.15, 0.2) is 0 Å². The first-order valence-corrected chi connectivity index (χ1v) is 10.9. The molecule has 0 spiro atoms. The minimum absolute atomic E-state index is 0.0113. The molecule has 154 valence electrons. The second-order valence-electron chi connectivity index (χ2n) is 7.69. The quantitative estimate of drug-likeness (QED) is 0.592. The zero-order valence-electron chi connectivity index (χ0n) is 16.4. The maximum absolute atomic E-state index is 12.4. The highest BCUT2D eigenvalue weighted by Crippen LogP contribution is 2.44. The lowest BCUT2D eigenvalue weighted by Gasteiger charge is -2.43. The van der Waals surface area contributed by atoms with E-state index in [-0.39, 0.29) is 17.5 Å². The van der Waals surface area contributed by atoms with Crippen molar-refractivity contribution < 1.29 is 17.7 Å². The largest absolute Gasteiger partial charge is 0.387 e. The summed E-state index contributed by atoms with van der Waals surface area (Å²) in [5.41, 5.74) is 7.55. The minimum Gasteiger partial charge on any atom is -0.387 e. The molecule has 0 saturated heterocycles. The van der Waals surface area contributed by atoms with Gasteiger partial charge in [0, 0.05) is 12.2 Å². The Morgan fingerprint density at radius 2 is 1.97 bits per heavy atom. The van der Waals surface area contributed by atoms with Crippen LogP contribution in [0.2, 0.25) is 0 Å². The number of aromatic nitrogens is 3. The smallest absolute Gasteiger partial charge is 0.297 e. The Hall–Kier alpha value is -2.49. The van der Waals surface area contributed by atoms with Gasteiger partial charge in [0.1, 0.15) is 17.8 Å². The van der Waals surface area contributed by atoms with E-state index in [0.29, 0.717) is 18.7 Å². The molecule has 2 aromatic heterocycles. The summed E-state index contributed by atoms with van der Waals surface area (Å²) in [6.45, 7) is 3.63. The Kier molecular flexibility index (Phi) is 4.84. The molecule has 0 unspecified atom stereocenters. The SMILES string of the molecule is CCc1cn(C2CC(O)(COS(=O)(=O)c3ccc(C)cc3)C2)c2ncnc(N)c12. The molecule has 0 radical (unpaired) electrons. The molecule has 1 aliphatic rings. The van der Waals surface area contributed by atoms with E-state index in [1.807, 2.05) is 24.6 Å². The highest BCUT2D eigenvalue weighted by molar-refractivity contribution is 7.86. The average Bonchev–Trinajstić information content (AvgIpc) is 3.04. The first kappa shape index (κ1) is 19.8. The topological polar surface area (TPSA) is 120 Å². The van der Waals surface area contributed by atoms with Crippen molar-refractivity contribution in [1.82, 2.24) is 14.5 Å². The standard InChI is InChI=1S/C20H24N4O4S/c1-3-14-10-24(19-17(14)18(21)22-12-23-19)15-8-20(25,9-15)11-28-29(26,27)16-6-4-13(2)5-7-16/h4-7,10,12,15,25H,3,8-9,11H2,1-2H3,(H2,21,22,23). The molecule has 3 aromatic rings. The number of rotatable bonds is 6. The highest BCUT2D eigenvalue weighted by Gasteiger charge is 2.45. The first-order chi connectivity index (χ1) is 13.7. The number of fused-ring (bicyclic) bond motifs is 1. The average molecular weight is 417 g/mol. The Morgan fingerprint density at radius 1 is 1.28 bits per heavy atom. The van der Waals surface area contributed by atoms with Gasteiger partial charge in [0.2, 0.25) is 0 Å². The number of anilines is 1. The Balaban J connectivity index is 1.47. The van der Waals surface area contributed by atoms with Crippen LogP contribution in [0.1, 0.15) is 36.9 Å². The summed E-state index contributed by atoms with van der Waals surface area (Å²) < 4.78 is 31.9. The number of hydrogen-bond acceptors (Lipinski definition) is 7. The van der Waals surface area contributed by atoms with Gasteiger partial charge in [-0.15, -0.1) is 0 Å². The van der Waals surface area contributed by atoms with E-state index in [4.69, 9.17) is 9.92 Å². The van der Waals surface area contributed by atoms with Gasteiger partial charge in [0.25, 0.3) is 10.1 Å². The fourth-order valence-electron chi connectivity index (χ4n) is 3.83. The predicted octanol–water partition coefficient (Wildman–Crippen LogP) is 2.36. The number of benzene rings is 1. The molecule has 1 saturated carbocycles. The van der Waals surface area contributed by atoms with E-state index < -0.39 is 15.7 Å². The summed E-state index contributed by atoms with van der Waals surface area (Å²) in [6, 6.07) is 6.41. The molecule has 1 fully saturated rings. The van der Waals surface area contributed by atoms with E-state index in [9.17, 15) is 13.5 Å². The Morgan fingerprint density at radius 3 is 2.62 bits per heavy atom. The van der Waals surface area contributed by atoms with Gasteiger partial charge in [-0.25, -0.2) is 9.97 Å². The van der Waals surface area contributed by atoms with Crippen molar-refractivity contribution in [3.05, 3.63) is 47.9 Å². The van der Waals surface area contributed by atoms with Crippen LogP contribution < -0.4 is 5.73 Å². The lowest BCUT2D eigenvalue weighted by Crippen LogP contribution is -2.48. The molecule has 0 atom stereocenters. The predicted molar refractivity (Wildman–Crippen MR) is 109 cm³/mol. The molecule has 4 rings (SSSR count). The Bertz CT molecular complexity index is 1150. The zero-order chi connectivity index (χ0) is 20.8. The van der Waals surface area contributed by atoms with Gasteiger partial charge < -0.3 is 15.4 Å². The summed E-state index contributed by atoms with van der Waals surface area (Å²) in [6.07, 6.45) is 4.94. The van der Waals surface area contributed by atoms with Crippen molar-refractivity contribution in [2.45, 2.75) is 49.6 Å². The van der Waals surface area contributed by atoms with Gasteiger partial charge in [-0.1, -0.05) is 24.6 Å². The Labute approximate surface area is 169 Å². The van der Waals surface area contributed by atoms with E-state index in [0.717, 1.165) is 28.6 Å². The molecule has 3 N–H and O–H groups in total. The summed E-state index contributed by atoms with van der Waals surface area (Å²) in [5.74, 6) is 0.438. The van der Waals surface area contributed by atoms with E-state index in [2.05, 4.69) is 9.97 Å². The molecule has 29 heavy (non-hydrogen) atoms. The number of aliphatic hydroxyl groups is 1. The fraction of sp³-hybridized carbons (Fsp3) is 0.400. The molecule has 8 nitrogen and oxygen atoms in total. The minimum atomic E-state index is -3.91. The van der Waals surface area contributed by atoms with Crippen LogP contribution in [0.25, 0.3) is 11.0 Å².